The van der Waals surface area contributed by atoms with E-state index in [1.165, 1.54) is 12.3 Å². The summed E-state index contributed by atoms with van der Waals surface area (Å²) in [7, 11) is -4.11. The van der Waals surface area contributed by atoms with Gasteiger partial charge < -0.3 is 0 Å². The van der Waals surface area contributed by atoms with Crippen LogP contribution < -0.4 is 4.72 Å². The van der Waals surface area contributed by atoms with Crippen LogP contribution in [0.5, 0.6) is 0 Å². The highest BCUT2D eigenvalue weighted by Gasteiger charge is 2.32. The van der Waals surface area contributed by atoms with Crippen LogP contribution in [0, 0.1) is 0 Å². The number of nitrogens with zero attached hydrogens (tertiary/aromatic N) is 1. The highest BCUT2D eigenvalue weighted by Crippen LogP contribution is 2.23. The molecule has 0 aliphatic carbocycles. The molecule has 0 aliphatic rings. The van der Waals surface area contributed by atoms with Crippen LogP contribution in [0.2, 0.25) is 5.02 Å². The average Bonchev–Trinajstić information content (AvgIpc) is 2.13. The highest BCUT2D eigenvalue weighted by molar-refractivity contribution is 7.89. The van der Waals surface area contributed by atoms with E-state index in [9.17, 15) is 21.6 Å². The molecule has 1 rings (SSSR count). The summed E-state index contributed by atoms with van der Waals surface area (Å²) in [6.45, 7) is 1.12. The fraction of sp³-hybridized carbons (Fsp3) is 0.444. The Morgan fingerprint density at radius 3 is 2.61 bits per heavy atom. The van der Waals surface area contributed by atoms with Gasteiger partial charge in [0.2, 0.25) is 10.0 Å². The van der Waals surface area contributed by atoms with Gasteiger partial charge in [0, 0.05) is 18.4 Å². The predicted octanol–water partition coefficient (Wildman–Crippen LogP) is 2.35. The Bertz CT molecular complexity index is 519. The van der Waals surface area contributed by atoms with Crippen molar-refractivity contribution in [3.05, 3.63) is 23.5 Å². The molecule has 0 spiro atoms. The van der Waals surface area contributed by atoms with Crippen molar-refractivity contribution in [2.45, 2.75) is 30.5 Å². The summed E-state index contributed by atoms with van der Waals surface area (Å²) in [6, 6.07) is -0.0452. The van der Waals surface area contributed by atoms with Gasteiger partial charge in [0.1, 0.15) is 4.90 Å². The number of rotatable bonds is 4. The second-order valence-corrected chi connectivity index (χ2v) is 5.74. The molecule has 1 unspecified atom stereocenters. The normalized spacial score (nSPS) is 14.5. The Morgan fingerprint density at radius 2 is 2.11 bits per heavy atom. The smallest absolute Gasteiger partial charge is 0.263 e. The maximum atomic E-state index is 12.1. The van der Waals surface area contributed by atoms with Crippen LogP contribution in [0.4, 0.5) is 13.2 Å². The van der Waals surface area contributed by atoms with Crippen LogP contribution >= 0.6 is 11.6 Å². The van der Waals surface area contributed by atoms with Crippen LogP contribution in [-0.2, 0) is 10.0 Å². The van der Waals surface area contributed by atoms with E-state index in [1.54, 1.807) is 0 Å². The van der Waals surface area contributed by atoms with E-state index in [0.717, 1.165) is 13.1 Å². The van der Waals surface area contributed by atoms with Gasteiger partial charge >= 0.3 is 6.18 Å². The minimum Gasteiger partial charge on any atom is -0.263 e. The zero-order chi connectivity index (χ0) is 14.0. The summed E-state index contributed by atoms with van der Waals surface area (Å²) in [5, 5.41) is -0.100. The quantitative estimate of drug-likeness (QED) is 0.929. The molecule has 1 atom stereocenters. The fourth-order valence-corrected chi connectivity index (χ4v) is 2.95. The van der Waals surface area contributed by atoms with E-state index in [-0.39, 0.29) is 9.92 Å². The van der Waals surface area contributed by atoms with Crippen molar-refractivity contribution in [3.63, 3.8) is 0 Å². The molecule has 1 aromatic rings. The molecule has 18 heavy (non-hydrogen) atoms. The molecule has 1 N–H and O–H groups in total. The Hall–Kier alpha value is -0.860. The van der Waals surface area contributed by atoms with E-state index in [4.69, 9.17) is 11.6 Å². The third kappa shape index (κ3) is 4.43. The summed E-state index contributed by atoms with van der Waals surface area (Å²) < 4.78 is 61.7. The highest BCUT2D eigenvalue weighted by atomic mass is 35.5. The lowest BCUT2D eigenvalue weighted by molar-refractivity contribution is -0.137. The number of pyridine rings is 1. The number of aromatic nitrogens is 1. The molecule has 1 heterocycles. The summed E-state index contributed by atoms with van der Waals surface area (Å²) in [5.41, 5.74) is 0. The van der Waals surface area contributed by atoms with Gasteiger partial charge in [-0.05, 0) is 13.0 Å². The molecule has 0 saturated heterocycles. The van der Waals surface area contributed by atoms with E-state index in [1.807, 2.05) is 4.72 Å². The Morgan fingerprint density at radius 1 is 1.50 bits per heavy atom. The predicted molar refractivity (Wildman–Crippen MR) is 59.7 cm³/mol. The number of alkyl halides is 3. The summed E-state index contributed by atoms with van der Waals surface area (Å²) in [4.78, 5) is 3.22. The van der Waals surface area contributed by atoms with Gasteiger partial charge in [-0.1, -0.05) is 11.6 Å². The molecule has 4 nitrogen and oxygen atoms in total. The van der Waals surface area contributed by atoms with Crippen molar-refractivity contribution >= 4 is 21.6 Å². The topological polar surface area (TPSA) is 59.1 Å². The molecule has 102 valence electrons. The zero-order valence-electron chi connectivity index (χ0n) is 9.20. The number of nitrogens with one attached hydrogen (secondary N) is 1. The Labute approximate surface area is 107 Å². The molecule has 9 heteroatoms. The van der Waals surface area contributed by atoms with Crippen molar-refractivity contribution in [1.82, 2.24) is 9.71 Å². The average molecular weight is 303 g/mol. The molecule has 0 amide bonds. The largest absolute Gasteiger partial charge is 0.390 e. The third-order valence-corrected chi connectivity index (χ3v) is 3.98. The lowest BCUT2D eigenvalue weighted by Gasteiger charge is -2.16. The van der Waals surface area contributed by atoms with E-state index in [2.05, 4.69) is 4.98 Å². The molecule has 0 bridgehead atoms. The molecule has 0 fully saturated rings. The summed E-state index contributed by atoms with van der Waals surface area (Å²) >= 11 is 5.64. The zero-order valence-corrected chi connectivity index (χ0v) is 10.8. The maximum Gasteiger partial charge on any atom is 0.390 e. The van der Waals surface area contributed by atoms with Gasteiger partial charge in [-0.25, -0.2) is 13.1 Å². The summed E-state index contributed by atoms with van der Waals surface area (Å²) in [6.07, 6.45) is -3.45. The number of halogens is 4. The molecule has 1 aromatic heterocycles. The van der Waals surface area contributed by atoms with Gasteiger partial charge in [0.25, 0.3) is 0 Å². The molecular weight excluding hydrogens is 293 g/mol. The standard InChI is InChI=1S/C9H10ClF3N2O2S/c1-6(4-9(11,12)13)15-18(16,17)8-5-14-3-2-7(8)10/h2-3,5-6,15H,4H2,1H3. The van der Waals surface area contributed by atoms with Gasteiger partial charge in [-0.3, -0.25) is 4.98 Å². The molecule has 0 saturated carbocycles. The van der Waals surface area contributed by atoms with E-state index >= 15 is 0 Å². The second kappa shape index (κ2) is 5.41. The number of sulfonamides is 1. The lowest BCUT2D eigenvalue weighted by Crippen LogP contribution is -2.36. The number of hydrogen-bond acceptors (Lipinski definition) is 3. The Balaban J connectivity index is 2.87. The van der Waals surface area contributed by atoms with E-state index < -0.39 is 28.7 Å². The van der Waals surface area contributed by atoms with Gasteiger partial charge in [0.05, 0.1) is 11.4 Å². The molecule has 0 aromatic carbocycles. The van der Waals surface area contributed by atoms with Gasteiger partial charge in [0.15, 0.2) is 0 Å². The third-order valence-electron chi connectivity index (χ3n) is 1.92. The van der Waals surface area contributed by atoms with Crippen LogP contribution in [0.3, 0.4) is 0 Å². The minimum atomic E-state index is -4.44. The Kier molecular flexibility index (Phi) is 4.57. The molecule has 0 radical (unpaired) electrons. The number of hydrogen-bond donors (Lipinski definition) is 1. The van der Waals surface area contributed by atoms with Crippen LogP contribution in [0.15, 0.2) is 23.4 Å². The molecular formula is C9H10ClF3N2O2S. The first-order valence-corrected chi connectivity index (χ1v) is 6.66. The SMILES string of the molecule is CC(CC(F)(F)F)NS(=O)(=O)c1cnccc1Cl. The summed E-state index contributed by atoms with van der Waals surface area (Å²) in [5.74, 6) is 0. The first kappa shape index (κ1) is 15.2. The monoisotopic (exact) mass is 302 g/mol. The molecule has 0 aliphatic heterocycles. The minimum absolute atomic E-state index is 0.100. The van der Waals surface area contributed by atoms with Crippen molar-refractivity contribution in [2.75, 3.05) is 0 Å². The van der Waals surface area contributed by atoms with Crippen molar-refractivity contribution in [2.24, 2.45) is 0 Å². The first-order chi connectivity index (χ1) is 8.12. The van der Waals surface area contributed by atoms with Crippen molar-refractivity contribution in [1.29, 1.82) is 0 Å². The fourth-order valence-electron chi connectivity index (χ4n) is 1.28. The van der Waals surface area contributed by atoms with Crippen molar-refractivity contribution in [3.8, 4) is 0 Å². The van der Waals surface area contributed by atoms with Crippen LogP contribution in [0.25, 0.3) is 0 Å². The maximum absolute atomic E-state index is 12.1. The van der Waals surface area contributed by atoms with E-state index in [0.29, 0.717) is 0 Å². The first-order valence-electron chi connectivity index (χ1n) is 4.80. The van der Waals surface area contributed by atoms with Crippen LogP contribution in [-0.4, -0.2) is 25.6 Å². The second-order valence-electron chi connectivity index (χ2n) is 3.65. The van der Waals surface area contributed by atoms with Gasteiger partial charge in [-0.2, -0.15) is 13.2 Å². The van der Waals surface area contributed by atoms with Gasteiger partial charge in [-0.15, -0.1) is 0 Å². The van der Waals surface area contributed by atoms with Crippen molar-refractivity contribution < 1.29 is 21.6 Å². The van der Waals surface area contributed by atoms with Crippen LogP contribution in [0.1, 0.15) is 13.3 Å². The lowest BCUT2D eigenvalue weighted by atomic mass is 10.2.